The first-order valence-corrected chi connectivity index (χ1v) is 11.1. The summed E-state index contributed by atoms with van der Waals surface area (Å²) in [5.74, 6) is 1.45. The second-order valence-electron chi connectivity index (χ2n) is 8.33. The molecule has 0 bridgehead atoms. The Labute approximate surface area is 196 Å². The molecule has 6 nitrogen and oxygen atoms in total. The van der Waals surface area contributed by atoms with E-state index in [0.29, 0.717) is 12.5 Å². The van der Waals surface area contributed by atoms with Gasteiger partial charge in [0, 0.05) is 42.8 Å². The van der Waals surface area contributed by atoms with Gasteiger partial charge in [-0.15, -0.1) is 24.0 Å². The highest BCUT2D eigenvalue weighted by Crippen LogP contribution is 2.26. The number of hydrogen-bond donors (Lipinski definition) is 3. The van der Waals surface area contributed by atoms with Crippen LogP contribution in [0.5, 0.6) is 0 Å². The molecular formula is C23H34IN5O. The fourth-order valence-corrected chi connectivity index (χ4v) is 4.58. The molecule has 1 saturated heterocycles. The molecule has 1 aromatic carbocycles. The summed E-state index contributed by atoms with van der Waals surface area (Å²) in [6.07, 6.45) is 6.82. The quantitative estimate of drug-likeness (QED) is 0.315. The van der Waals surface area contributed by atoms with Crippen molar-refractivity contribution in [2.75, 3.05) is 19.6 Å². The van der Waals surface area contributed by atoms with E-state index >= 15 is 0 Å². The zero-order valence-electron chi connectivity index (χ0n) is 17.8. The number of fused-ring (bicyclic) bond motifs is 1. The number of halogens is 1. The number of hydrogen-bond acceptors (Lipinski definition) is 2. The number of H-pyrrole nitrogens is 1. The van der Waals surface area contributed by atoms with Gasteiger partial charge in [-0.25, -0.2) is 4.99 Å². The summed E-state index contributed by atoms with van der Waals surface area (Å²) in [5, 5.41) is 8.09. The fourth-order valence-electron chi connectivity index (χ4n) is 4.58. The SMILES string of the molecule is CCNC(=NCc1cc2ccccc2[nH]1)NC1CCN(C(=O)C2CCCCC2)C1.I. The largest absolute Gasteiger partial charge is 0.357 e. The van der Waals surface area contributed by atoms with Crippen LogP contribution in [-0.2, 0) is 11.3 Å². The third-order valence-electron chi connectivity index (χ3n) is 6.13. The number of aliphatic imine (C=N–C) groups is 1. The molecule has 2 fully saturated rings. The van der Waals surface area contributed by atoms with E-state index in [0.717, 1.165) is 56.1 Å². The number of rotatable bonds is 5. The van der Waals surface area contributed by atoms with Crippen molar-refractivity contribution in [2.45, 2.75) is 58.0 Å². The number of likely N-dealkylation sites (tertiary alicyclic amines) is 1. The van der Waals surface area contributed by atoms with Crippen LogP contribution in [0.1, 0.15) is 51.1 Å². The Hall–Kier alpha value is -1.77. The molecular weight excluding hydrogens is 489 g/mol. The second-order valence-corrected chi connectivity index (χ2v) is 8.33. The van der Waals surface area contributed by atoms with E-state index in [1.54, 1.807) is 0 Å². The van der Waals surface area contributed by atoms with E-state index in [1.165, 1.54) is 24.6 Å². The molecule has 1 aromatic heterocycles. The number of para-hydroxylation sites is 1. The number of benzene rings is 1. The van der Waals surface area contributed by atoms with Gasteiger partial charge in [-0.3, -0.25) is 4.79 Å². The lowest BCUT2D eigenvalue weighted by atomic mass is 9.88. The summed E-state index contributed by atoms with van der Waals surface area (Å²) in [7, 11) is 0. The maximum absolute atomic E-state index is 12.8. The Kier molecular flexibility index (Phi) is 8.41. The maximum Gasteiger partial charge on any atom is 0.225 e. The molecule has 164 valence electrons. The lowest BCUT2D eigenvalue weighted by Crippen LogP contribution is -2.45. The van der Waals surface area contributed by atoms with E-state index in [-0.39, 0.29) is 35.9 Å². The van der Waals surface area contributed by atoms with Gasteiger partial charge < -0.3 is 20.5 Å². The lowest BCUT2D eigenvalue weighted by Gasteiger charge is -2.26. The molecule has 1 unspecified atom stereocenters. The van der Waals surface area contributed by atoms with Crippen LogP contribution in [0, 0.1) is 5.92 Å². The first kappa shape index (κ1) is 22.9. The molecule has 2 heterocycles. The molecule has 2 aliphatic rings. The van der Waals surface area contributed by atoms with E-state index in [1.807, 2.05) is 6.07 Å². The first-order valence-electron chi connectivity index (χ1n) is 11.1. The number of carbonyl (C=O) groups excluding carboxylic acids is 1. The molecule has 30 heavy (non-hydrogen) atoms. The van der Waals surface area contributed by atoms with Crippen LogP contribution >= 0.6 is 24.0 Å². The van der Waals surface area contributed by atoms with Gasteiger partial charge in [0.05, 0.1) is 6.54 Å². The van der Waals surface area contributed by atoms with Gasteiger partial charge in [0.25, 0.3) is 0 Å². The molecule has 1 aliphatic heterocycles. The summed E-state index contributed by atoms with van der Waals surface area (Å²) >= 11 is 0. The Bertz CT molecular complexity index is 825. The van der Waals surface area contributed by atoms with Crippen LogP contribution < -0.4 is 10.6 Å². The van der Waals surface area contributed by atoms with E-state index in [4.69, 9.17) is 4.99 Å². The van der Waals surface area contributed by atoms with Crippen molar-refractivity contribution < 1.29 is 4.79 Å². The monoisotopic (exact) mass is 523 g/mol. The molecule has 1 atom stereocenters. The molecule has 0 spiro atoms. The average Bonchev–Trinajstić information content (AvgIpc) is 3.39. The van der Waals surface area contributed by atoms with Crippen LogP contribution in [0.2, 0.25) is 0 Å². The zero-order valence-corrected chi connectivity index (χ0v) is 20.2. The predicted molar refractivity (Wildman–Crippen MR) is 133 cm³/mol. The van der Waals surface area contributed by atoms with Gasteiger partial charge in [0.2, 0.25) is 5.91 Å². The van der Waals surface area contributed by atoms with Crippen LogP contribution in [-0.4, -0.2) is 47.4 Å². The minimum absolute atomic E-state index is 0. The number of nitrogens with zero attached hydrogens (tertiary/aromatic N) is 2. The van der Waals surface area contributed by atoms with Crippen LogP contribution in [0.3, 0.4) is 0 Å². The maximum atomic E-state index is 12.8. The second kappa shape index (κ2) is 11.0. The van der Waals surface area contributed by atoms with Crippen molar-refractivity contribution in [3.8, 4) is 0 Å². The summed E-state index contributed by atoms with van der Waals surface area (Å²) in [5.41, 5.74) is 2.24. The highest BCUT2D eigenvalue weighted by Gasteiger charge is 2.31. The van der Waals surface area contributed by atoms with Gasteiger partial charge in [-0.2, -0.15) is 0 Å². The Balaban J connectivity index is 0.00000256. The van der Waals surface area contributed by atoms with Crippen molar-refractivity contribution >= 4 is 46.7 Å². The molecule has 3 N–H and O–H groups in total. The summed E-state index contributed by atoms with van der Waals surface area (Å²) in [6.45, 7) is 5.13. The zero-order chi connectivity index (χ0) is 20.1. The molecule has 4 rings (SSSR count). The van der Waals surface area contributed by atoms with Gasteiger partial charge in [0.15, 0.2) is 5.96 Å². The Morgan fingerprint density at radius 3 is 2.77 bits per heavy atom. The average molecular weight is 523 g/mol. The topological polar surface area (TPSA) is 72.5 Å². The number of carbonyl (C=O) groups is 1. The molecule has 7 heteroatoms. The third kappa shape index (κ3) is 5.68. The first-order chi connectivity index (χ1) is 14.2. The van der Waals surface area contributed by atoms with Crippen molar-refractivity contribution in [3.05, 3.63) is 36.0 Å². The number of guanidine groups is 1. The van der Waals surface area contributed by atoms with Crippen molar-refractivity contribution in [2.24, 2.45) is 10.9 Å². The van der Waals surface area contributed by atoms with Crippen molar-refractivity contribution in [1.82, 2.24) is 20.5 Å². The van der Waals surface area contributed by atoms with Gasteiger partial charge in [0.1, 0.15) is 0 Å². The minimum Gasteiger partial charge on any atom is -0.357 e. The molecule has 1 saturated carbocycles. The molecule has 1 amide bonds. The van der Waals surface area contributed by atoms with Crippen LogP contribution in [0.15, 0.2) is 35.3 Å². The standard InChI is InChI=1S/C23H33N5O.HI/c1-2-24-23(25-15-20-14-18-10-6-7-11-21(18)26-20)27-19-12-13-28(16-19)22(29)17-8-4-3-5-9-17;/h6-7,10-11,14,17,19,26H,2-5,8-9,12-13,15-16H2,1H3,(H2,24,25,27);1H. The van der Waals surface area contributed by atoms with Crippen molar-refractivity contribution in [3.63, 3.8) is 0 Å². The van der Waals surface area contributed by atoms with E-state index < -0.39 is 0 Å². The smallest absolute Gasteiger partial charge is 0.225 e. The molecule has 2 aromatic rings. The highest BCUT2D eigenvalue weighted by molar-refractivity contribution is 14.0. The van der Waals surface area contributed by atoms with E-state index in [9.17, 15) is 4.79 Å². The number of nitrogens with one attached hydrogen (secondary N) is 3. The molecule has 0 radical (unpaired) electrons. The lowest BCUT2D eigenvalue weighted by molar-refractivity contribution is -0.135. The summed E-state index contributed by atoms with van der Waals surface area (Å²) in [4.78, 5) is 23.1. The van der Waals surface area contributed by atoms with Gasteiger partial charge in [-0.05, 0) is 43.7 Å². The van der Waals surface area contributed by atoms with Crippen LogP contribution in [0.4, 0.5) is 0 Å². The number of aromatic amines is 1. The Morgan fingerprint density at radius 2 is 2.00 bits per heavy atom. The van der Waals surface area contributed by atoms with E-state index in [2.05, 4.69) is 51.7 Å². The predicted octanol–water partition coefficient (Wildman–Crippen LogP) is 4.02. The van der Waals surface area contributed by atoms with Gasteiger partial charge >= 0.3 is 0 Å². The Morgan fingerprint density at radius 1 is 1.20 bits per heavy atom. The third-order valence-corrected chi connectivity index (χ3v) is 6.13. The fraction of sp³-hybridized carbons (Fsp3) is 0.565. The normalized spacial score (nSPS) is 20.2. The van der Waals surface area contributed by atoms with Crippen molar-refractivity contribution in [1.29, 1.82) is 0 Å². The summed E-state index contributed by atoms with van der Waals surface area (Å²) in [6, 6.07) is 10.7. The van der Waals surface area contributed by atoms with Gasteiger partial charge in [-0.1, -0.05) is 37.5 Å². The summed E-state index contributed by atoms with van der Waals surface area (Å²) < 4.78 is 0. The number of amides is 1. The molecule has 1 aliphatic carbocycles. The van der Waals surface area contributed by atoms with Crippen LogP contribution in [0.25, 0.3) is 10.9 Å². The minimum atomic E-state index is 0. The highest BCUT2D eigenvalue weighted by atomic mass is 127. The number of aromatic nitrogens is 1.